The third-order valence-corrected chi connectivity index (χ3v) is 4.47. The van der Waals surface area contributed by atoms with Crippen LogP contribution in [0.2, 0.25) is 0 Å². The summed E-state index contributed by atoms with van der Waals surface area (Å²) in [6.45, 7) is 6.13. The maximum atomic E-state index is 12.0. The fraction of sp³-hybridized carbons (Fsp3) is 0.250. The maximum Gasteiger partial charge on any atom is 0.249 e. The van der Waals surface area contributed by atoms with E-state index in [0.717, 1.165) is 11.1 Å². The van der Waals surface area contributed by atoms with Crippen molar-refractivity contribution in [3.05, 3.63) is 51.5 Å². The Balaban J connectivity index is 1.91. The average molecular weight is 448 g/mol. The van der Waals surface area contributed by atoms with Crippen LogP contribution < -0.4 is 15.5 Å². The first-order valence-corrected chi connectivity index (χ1v) is 9.43. The zero-order chi connectivity index (χ0) is 20.7. The predicted octanol–water partition coefficient (Wildman–Crippen LogP) is 3.65. The Morgan fingerprint density at radius 2 is 1.93 bits per heavy atom. The second-order valence-electron chi connectivity index (χ2n) is 6.10. The third-order valence-electron chi connectivity index (χ3n) is 3.87. The zero-order valence-corrected chi connectivity index (χ0v) is 17.5. The van der Waals surface area contributed by atoms with Gasteiger partial charge in [-0.25, -0.2) is 5.43 Å². The van der Waals surface area contributed by atoms with Gasteiger partial charge in [-0.3, -0.25) is 9.59 Å². The van der Waals surface area contributed by atoms with E-state index in [9.17, 15) is 14.7 Å². The summed E-state index contributed by atoms with van der Waals surface area (Å²) >= 11 is 3.23. The number of rotatable bonds is 7. The van der Waals surface area contributed by atoms with Crippen molar-refractivity contribution in [2.75, 3.05) is 11.9 Å². The van der Waals surface area contributed by atoms with E-state index in [1.54, 1.807) is 25.1 Å². The monoisotopic (exact) mass is 447 g/mol. The van der Waals surface area contributed by atoms with Crippen molar-refractivity contribution in [2.24, 2.45) is 5.10 Å². The number of carbonyl (C=O) groups is 2. The van der Waals surface area contributed by atoms with Crippen LogP contribution in [-0.4, -0.2) is 29.7 Å². The van der Waals surface area contributed by atoms with Gasteiger partial charge < -0.3 is 15.2 Å². The van der Waals surface area contributed by atoms with Crippen molar-refractivity contribution in [3.63, 3.8) is 0 Å². The van der Waals surface area contributed by atoms with Crippen LogP contribution in [0.25, 0.3) is 0 Å². The molecule has 0 aromatic heterocycles. The van der Waals surface area contributed by atoms with E-state index in [1.807, 2.05) is 26.0 Å². The summed E-state index contributed by atoms with van der Waals surface area (Å²) in [5.74, 6) is -0.675. The number of halogens is 1. The summed E-state index contributed by atoms with van der Waals surface area (Å²) in [4.78, 5) is 23.9. The Kier molecular flexibility index (Phi) is 7.57. The Bertz CT molecular complexity index is 913. The number of nitrogens with one attached hydrogen (secondary N) is 2. The first-order valence-electron chi connectivity index (χ1n) is 8.64. The molecule has 0 fully saturated rings. The van der Waals surface area contributed by atoms with Gasteiger partial charge >= 0.3 is 0 Å². The topological polar surface area (TPSA) is 100 Å². The second-order valence-corrected chi connectivity index (χ2v) is 6.95. The van der Waals surface area contributed by atoms with Gasteiger partial charge in [-0.05, 0) is 77.7 Å². The molecular formula is C20H22BrN3O4. The minimum Gasteiger partial charge on any atom is -0.503 e. The number of phenolic OH excluding ortho intramolecular Hbond substituents is 1. The molecule has 7 nitrogen and oxygen atoms in total. The molecule has 2 amide bonds. The third kappa shape index (κ3) is 6.09. The molecule has 0 aliphatic rings. The van der Waals surface area contributed by atoms with Gasteiger partial charge in [-0.1, -0.05) is 6.07 Å². The van der Waals surface area contributed by atoms with Crippen LogP contribution in [0.4, 0.5) is 5.69 Å². The predicted molar refractivity (Wildman–Crippen MR) is 112 cm³/mol. The number of nitrogens with zero attached hydrogens (tertiary/aromatic N) is 1. The molecule has 0 bridgehead atoms. The highest BCUT2D eigenvalue weighted by Gasteiger charge is 2.10. The lowest BCUT2D eigenvalue weighted by Gasteiger charge is -2.08. The number of hydrazone groups is 1. The van der Waals surface area contributed by atoms with E-state index in [2.05, 4.69) is 31.8 Å². The molecule has 3 N–H and O–H groups in total. The molecule has 2 aromatic carbocycles. The molecule has 2 rings (SSSR count). The van der Waals surface area contributed by atoms with E-state index in [4.69, 9.17) is 4.74 Å². The van der Waals surface area contributed by atoms with Crippen LogP contribution in [-0.2, 0) is 9.59 Å². The minimum atomic E-state index is -0.541. The molecule has 148 valence electrons. The fourth-order valence-corrected chi connectivity index (χ4v) is 2.78. The molecule has 0 heterocycles. The number of carbonyl (C=O) groups excluding carboxylic acids is 2. The van der Waals surface area contributed by atoms with E-state index < -0.39 is 11.8 Å². The average Bonchev–Trinajstić information content (AvgIpc) is 2.62. The minimum absolute atomic E-state index is 0.00829. The summed E-state index contributed by atoms with van der Waals surface area (Å²) < 4.78 is 5.77. The van der Waals surface area contributed by atoms with Gasteiger partial charge in [0.2, 0.25) is 11.8 Å². The Hall–Kier alpha value is -2.87. The van der Waals surface area contributed by atoms with Crippen LogP contribution in [0.15, 0.2) is 39.9 Å². The number of benzene rings is 2. The van der Waals surface area contributed by atoms with Gasteiger partial charge in [0.05, 0.1) is 17.3 Å². The van der Waals surface area contributed by atoms with Crippen molar-refractivity contribution in [1.29, 1.82) is 0 Å². The number of aromatic hydroxyl groups is 1. The zero-order valence-electron chi connectivity index (χ0n) is 15.9. The fourth-order valence-electron chi connectivity index (χ4n) is 2.32. The highest BCUT2D eigenvalue weighted by molar-refractivity contribution is 9.10. The maximum absolute atomic E-state index is 12.0. The first-order chi connectivity index (χ1) is 13.3. The van der Waals surface area contributed by atoms with Crippen molar-refractivity contribution in [1.82, 2.24) is 5.43 Å². The standard InChI is InChI=1S/C20H22BrN3O4/c1-4-28-17-9-14(8-16(21)20(17)27)11-22-24-19(26)10-18(25)23-15-6-5-12(2)13(3)7-15/h5-9,11,27H,4,10H2,1-3H3,(H,23,25)(H,24,26). The van der Waals surface area contributed by atoms with Crippen LogP contribution in [0.1, 0.15) is 30.0 Å². The van der Waals surface area contributed by atoms with E-state index in [0.29, 0.717) is 28.1 Å². The molecular weight excluding hydrogens is 426 g/mol. The quantitative estimate of drug-likeness (QED) is 0.342. The molecule has 0 atom stereocenters. The smallest absolute Gasteiger partial charge is 0.249 e. The van der Waals surface area contributed by atoms with Gasteiger partial charge in [0.25, 0.3) is 0 Å². The Morgan fingerprint density at radius 3 is 2.61 bits per heavy atom. The molecule has 0 spiro atoms. The molecule has 0 radical (unpaired) electrons. The highest BCUT2D eigenvalue weighted by atomic mass is 79.9. The van der Waals surface area contributed by atoms with Crippen molar-refractivity contribution < 1.29 is 19.4 Å². The number of amides is 2. The summed E-state index contributed by atoms with van der Waals surface area (Å²) in [6.07, 6.45) is 1.04. The van der Waals surface area contributed by atoms with Gasteiger partial charge in [0, 0.05) is 5.69 Å². The van der Waals surface area contributed by atoms with E-state index >= 15 is 0 Å². The van der Waals surface area contributed by atoms with E-state index in [1.165, 1.54) is 6.21 Å². The van der Waals surface area contributed by atoms with Crippen molar-refractivity contribution in [3.8, 4) is 11.5 Å². The molecule has 0 unspecified atom stereocenters. The summed E-state index contributed by atoms with van der Waals surface area (Å²) in [5, 5.41) is 16.4. The summed E-state index contributed by atoms with van der Waals surface area (Å²) in [5.41, 5.74) is 5.73. The molecule has 0 saturated heterocycles. The van der Waals surface area contributed by atoms with Crippen molar-refractivity contribution >= 4 is 39.6 Å². The number of ether oxygens (including phenoxy) is 1. The van der Waals surface area contributed by atoms with Crippen LogP contribution >= 0.6 is 15.9 Å². The van der Waals surface area contributed by atoms with Gasteiger partial charge in [-0.2, -0.15) is 5.10 Å². The van der Waals surface area contributed by atoms with Crippen LogP contribution in [0.5, 0.6) is 11.5 Å². The van der Waals surface area contributed by atoms with Gasteiger partial charge in [0.1, 0.15) is 6.42 Å². The number of hydrogen-bond donors (Lipinski definition) is 3. The summed E-state index contributed by atoms with van der Waals surface area (Å²) in [6, 6.07) is 8.75. The SMILES string of the molecule is CCOc1cc(C=NNC(=O)CC(=O)Nc2ccc(C)c(C)c2)cc(Br)c1O. The van der Waals surface area contributed by atoms with Gasteiger partial charge in [0.15, 0.2) is 11.5 Å². The highest BCUT2D eigenvalue weighted by Crippen LogP contribution is 2.35. The molecule has 2 aromatic rings. The lowest BCUT2D eigenvalue weighted by molar-refractivity contribution is -0.126. The van der Waals surface area contributed by atoms with Crippen LogP contribution in [0.3, 0.4) is 0 Å². The van der Waals surface area contributed by atoms with Gasteiger partial charge in [-0.15, -0.1) is 0 Å². The molecule has 28 heavy (non-hydrogen) atoms. The Morgan fingerprint density at radius 1 is 1.18 bits per heavy atom. The normalized spacial score (nSPS) is 10.7. The first kappa shape index (κ1) is 21.4. The molecule has 0 aliphatic carbocycles. The number of hydrogen-bond acceptors (Lipinski definition) is 5. The molecule has 0 saturated carbocycles. The van der Waals surface area contributed by atoms with Crippen LogP contribution in [0, 0.1) is 13.8 Å². The second kappa shape index (κ2) is 9.89. The largest absolute Gasteiger partial charge is 0.503 e. The molecule has 0 aliphatic heterocycles. The number of aryl methyl sites for hydroxylation is 2. The lowest BCUT2D eigenvalue weighted by atomic mass is 10.1. The number of phenols is 1. The number of anilines is 1. The lowest BCUT2D eigenvalue weighted by Crippen LogP contribution is -2.24. The van der Waals surface area contributed by atoms with Crippen molar-refractivity contribution in [2.45, 2.75) is 27.2 Å². The Labute approximate surface area is 171 Å². The van der Waals surface area contributed by atoms with E-state index in [-0.39, 0.29) is 12.2 Å². The molecule has 8 heteroatoms. The summed E-state index contributed by atoms with van der Waals surface area (Å²) in [7, 11) is 0.